The minimum absolute atomic E-state index is 0.102. The number of carbonyl (C=O) groups excluding carboxylic acids is 2. The topological polar surface area (TPSA) is 104 Å². The first-order valence-corrected chi connectivity index (χ1v) is 11.6. The lowest BCUT2D eigenvalue weighted by Crippen LogP contribution is -2.48. The number of thioether (sulfide) groups is 1. The molecule has 1 unspecified atom stereocenters. The molecule has 0 saturated heterocycles. The summed E-state index contributed by atoms with van der Waals surface area (Å²) in [7, 11) is -3.49. The Morgan fingerprint density at radius 1 is 1.15 bits per heavy atom. The van der Waals surface area contributed by atoms with Crippen molar-refractivity contribution in [2.75, 3.05) is 30.9 Å². The van der Waals surface area contributed by atoms with E-state index in [2.05, 4.69) is 15.4 Å². The molecule has 3 N–H and O–H groups in total. The molecule has 1 aromatic carbocycles. The van der Waals surface area contributed by atoms with Crippen LogP contribution >= 0.6 is 11.8 Å². The van der Waals surface area contributed by atoms with Crippen LogP contribution in [0.5, 0.6) is 0 Å². The molecule has 0 aliphatic carbocycles. The van der Waals surface area contributed by atoms with Gasteiger partial charge in [-0.25, -0.2) is 17.5 Å². The predicted octanol–water partition coefficient (Wildman–Crippen LogP) is 0.662. The number of carbonyl (C=O) groups is 2. The summed E-state index contributed by atoms with van der Waals surface area (Å²) in [5.41, 5.74) is 0.684. The average molecular weight is 420 g/mol. The van der Waals surface area contributed by atoms with E-state index in [1.165, 1.54) is 43.0 Å². The van der Waals surface area contributed by atoms with E-state index in [0.717, 1.165) is 0 Å². The van der Waals surface area contributed by atoms with Crippen molar-refractivity contribution in [3.05, 3.63) is 35.6 Å². The highest BCUT2D eigenvalue weighted by Crippen LogP contribution is 2.04. The molecule has 1 rings (SSSR count). The molecule has 10 heteroatoms. The third kappa shape index (κ3) is 9.73. The zero-order valence-electron chi connectivity index (χ0n) is 15.5. The van der Waals surface area contributed by atoms with E-state index in [-0.39, 0.29) is 37.0 Å². The molecule has 0 aliphatic rings. The molecular weight excluding hydrogens is 393 g/mol. The van der Waals surface area contributed by atoms with Gasteiger partial charge in [-0.2, -0.15) is 11.8 Å². The molecule has 1 aromatic rings. The van der Waals surface area contributed by atoms with E-state index < -0.39 is 22.0 Å². The minimum atomic E-state index is -3.49. The number of sulfonamides is 1. The summed E-state index contributed by atoms with van der Waals surface area (Å²) in [6.07, 6.45) is 2.37. The molecule has 0 bridgehead atoms. The van der Waals surface area contributed by atoms with E-state index >= 15 is 0 Å². The quantitative estimate of drug-likeness (QED) is 0.432. The number of rotatable bonds is 12. The first-order valence-electron chi connectivity index (χ1n) is 8.55. The fourth-order valence-electron chi connectivity index (χ4n) is 2.14. The van der Waals surface area contributed by atoms with Crippen molar-refractivity contribution in [3.8, 4) is 0 Å². The van der Waals surface area contributed by atoms with Crippen molar-refractivity contribution in [2.24, 2.45) is 0 Å². The van der Waals surface area contributed by atoms with E-state index in [1.54, 1.807) is 0 Å². The number of hydrogen-bond acceptors (Lipinski definition) is 5. The minimum Gasteiger partial charge on any atom is -0.354 e. The van der Waals surface area contributed by atoms with E-state index in [4.69, 9.17) is 0 Å². The van der Waals surface area contributed by atoms with Crippen LogP contribution in [0.1, 0.15) is 18.9 Å². The van der Waals surface area contributed by atoms with E-state index in [9.17, 15) is 22.4 Å². The highest BCUT2D eigenvalue weighted by molar-refractivity contribution is 7.98. The van der Waals surface area contributed by atoms with Gasteiger partial charge in [0.2, 0.25) is 21.8 Å². The fraction of sp³-hybridized carbons (Fsp3) is 0.529. The molecule has 0 aromatic heterocycles. The maximum Gasteiger partial charge on any atom is 0.238 e. The maximum atomic E-state index is 12.8. The Kier molecular flexibility index (Phi) is 10.3. The Hall–Kier alpha value is -1.65. The SMILES string of the molecule is CCS(=O)(=O)NC(CCSC)C(=O)NCCNC(=O)Cc1ccc(F)cc1. The highest BCUT2D eigenvalue weighted by Gasteiger charge is 2.22. The molecule has 152 valence electrons. The molecule has 27 heavy (non-hydrogen) atoms. The van der Waals surface area contributed by atoms with Gasteiger partial charge in [-0.1, -0.05) is 12.1 Å². The van der Waals surface area contributed by atoms with Gasteiger partial charge in [-0.05, 0) is 43.0 Å². The van der Waals surface area contributed by atoms with Gasteiger partial charge in [0.25, 0.3) is 0 Å². The molecule has 0 spiro atoms. The first-order chi connectivity index (χ1) is 12.8. The fourth-order valence-corrected chi connectivity index (χ4v) is 3.44. The van der Waals surface area contributed by atoms with Gasteiger partial charge >= 0.3 is 0 Å². The first kappa shape index (κ1) is 23.4. The summed E-state index contributed by atoms with van der Waals surface area (Å²) in [5.74, 6) is -0.499. The van der Waals surface area contributed by atoms with Gasteiger partial charge in [0.1, 0.15) is 11.9 Å². The molecule has 0 heterocycles. The van der Waals surface area contributed by atoms with Crippen LogP contribution in [0.2, 0.25) is 0 Å². The molecule has 0 fully saturated rings. The summed E-state index contributed by atoms with van der Waals surface area (Å²) in [4.78, 5) is 24.0. The molecule has 2 amide bonds. The highest BCUT2D eigenvalue weighted by atomic mass is 32.2. The summed E-state index contributed by atoms with van der Waals surface area (Å²) >= 11 is 1.52. The van der Waals surface area contributed by atoms with Crippen LogP contribution in [0.15, 0.2) is 24.3 Å². The second kappa shape index (κ2) is 11.9. The van der Waals surface area contributed by atoms with Gasteiger partial charge in [-0.15, -0.1) is 0 Å². The molecule has 0 radical (unpaired) electrons. The number of nitrogens with one attached hydrogen (secondary N) is 3. The van der Waals surface area contributed by atoms with Crippen LogP contribution in [-0.4, -0.2) is 57.1 Å². The summed E-state index contributed by atoms with van der Waals surface area (Å²) in [6, 6.07) is 4.81. The van der Waals surface area contributed by atoms with Crippen LogP contribution in [0, 0.1) is 5.82 Å². The molecular formula is C17H26FN3O4S2. The lowest BCUT2D eigenvalue weighted by atomic mass is 10.1. The van der Waals surface area contributed by atoms with Crippen molar-refractivity contribution < 1.29 is 22.4 Å². The number of benzene rings is 1. The molecule has 1 atom stereocenters. The normalized spacial score (nSPS) is 12.4. The Morgan fingerprint density at radius 3 is 2.37 bits per heavy atom. The van der Waals surface area contributed by atoms with Gasteiger partial charge < -0.3 is 10.6 Å². The van der Waals surface area contributed by atoms with E-state index in [1.807, 2.05) is 6.26 Å². The largest absolute Gasteiger partial charge is 0.354 e. The standard InChI is InChI=1S/C17H26FN3O4S2/c1-3-27(24,25)21-15(8-11-26-2)17(23)20-10-9-19-16(22)12-13-4-6-14(18)7-5-13/h4-7,15,21H,3,8-12H2,1-2H3,(H,19,22)(H,20,23). The molecule has 7 nitrogen and oxygen atoms in total. The Balaban J connectivity index is 2.39. The Labute approximate surface area is 163 Å². The van der Waals surface area contributed by atoms with Gasteiger partial charge in [0, 0.05) is 13.1 Å². The van der Waals surface area contributed by atoms with Crippen molar-refractivity contribution >= 4 is 33.6 Å². The Morgan fingerprint density at radius 2 is 1.78 bits per heavy atom. The van der Waals surface area contributed by atoms with Gasteiger partial charge in [0.15, 0.2) is 0 Å². The van der Waals surface area contributed by atoms with Crippen molar-refractivity contribution in [1.82, 2.24) is 15.4 Å². The second-order valence-corrected chi connectivity index (χ2v) is 8.83. The summed E-state index contributed by atoms with van der Waals surface area (Å²) in [5, 5.41) is 5.28. The maximum absolute atomic E-state index is 12.8. The predicted molar refractivity (Wildman–Crippen MR) is 106 cm³/mol. The van der Waals surface area contributed by atoms with E-state index in [0.29, 0.717) is 17.7 Å². The lowest BCUT2D eigenvalue weighted by molar-refractivity contribution is -0.123. The van der Waals surface area contributed by atoms with Gasteiger partial charge in [0.05, 0.1) is 12.2 Å². The lowest BCUT2D eigenvalue weighted by Gasteiger charge is -2.17. The van der Waals surface area contributed by atoms with Crippen molar-refractivity contribution in [2.45, 2.75) is 25.8 Å². The average Bonchev–Trinajstić information content (AvgIpc) is 2.64. The van der Waals surface area contributed by atoms with Crippen LogP contribution in [0.4, 0.5) is 4.39 Å². The zero-order chi connectivity index (χ0) is 20.3. The van der Waals surface area contributed by atoms with Crippen LogP contribution < -0.4 is 15.4 Å². The zero-order valence-corrected chi connectivity index (χ0v) is 17.1. The number of amides is 2. The summed E-state index contributed by atoms with van der Waals surface area (Å²) < 4.78 is 38.7. The molecule has 0 aliphatic heterocycles. The monoisotopic (exact) mass is 419 g/mol. The van der Waals surface area contributed by atoms with Crippen molar-refractivity contribution in [1.29, 1.82) is 0 Å². The van der Waals surface area contributed by atoms with Crippen molar-refractivity contribution in [3.63, 3.8) is 0 Å². The second-order valence-electron chi connectivity index (χ2n) is 5.80. The number of hydrogen-bond donors (Lipinski definition) is 3. The van der Waals surface area contributed by atoms with Gasteiger partial charge in [-0.3, -0.25) is 9.59 Å². The third-order valence-electron chi connectivity index (χ3n) is 3.65. The van der Waals surface area contributed by atoms with Crippen LogP contribution in [-0.2, 0) is 26.0 Å². The number of halogens is 1. The Bertz CT molecular complexity index is 711. The van der Waals surface area contributed by atoms with Crippen LogP contribution in [0.25, 0.3) is 0 Å². The molecule has 0 saturated carbocycles. The smallest absolute Gasteiger partial charge is 0.238 e. The van der Waals surface area contributed by atoms with Crippen LogP contribution in [0.3, 0.4) is 0 Å². The summed E-state index contributed by atoms with van der Waals surface area (Å²) in [6.45, 7) is 1.89. The third-order valence-corrected chi connectivity index (χ3v) is 5.70.